The van der Waals surface area contributed by atoms with E-state index in [1.54, 1.807) is 0 Å². The minimum absolute atomic E-state index is 0.0129. The predicted molar refractivity (Wildman–Crippen MR) is 78.3 cm³/mol. The molecule has 2 N–H and O–H groups in total. The van der Waals surface area contributed by atoms with Gasteiger partial charge in [-0.1, -0.05) is 6.92 Å². The monoisotopic (exact) mass is 294 g/mol. The SMILES string of the molecule is CC1CCCN(c2ccc([N+](=O)[O-])cc2[N+](=O)[O-])C1CN. The molecule has 1 fully saturated rings. The highest BCUT2D eigenvalue weighted by Gasteiger charge is 2.32. The van der Waals surface area contributed by atoms with Gasteiger partial charge < -0.3 is 10.6 Å². The van der Waals surface area contributed by atoms with E-state index >= 15 is 0 Å². The van der Waals surface area contributed by atoms with E-state index in [1.165, 1.54) is 12.1 Å². The quantitative estimate of drug-likeness (QED) is 0.671. The van der Waals surface area contributed by atoms with Crippen LogP contribution < -0.4 is 10.6 Å². The highest BCUT2D eigenvalue weighted by Crippen LogP contribution is 2.36. The van der Waals surface area contributed by atoms with Gasteiger partial charge in [-0.2, -0.15) is 0 Å². The number of benzene rings is 1. The lowest BCUT2D eigenvalue weighted by Crippen LogP contribution is -2.49. The number of nitro benzene ring substituents is 2. The van der Waals surface area contributed by atoms with E-state index in [-0.39, 0.29) is 17.4 Å². The number of anilines is 1. The Kier molecular flexibility index (Phi) is 4.37. The summed E-state index contributed by atoms with van der Waals surface area (Å²) in [7, 11) is 0. The van der Waals surface area contributed by atoms with Crippen LogP contribution in [-0.4, -0.2) is 29.0 Å². The summed E-state index contributed by atoms with van der Waals surface area (Å²) in [5.41, 5.74) is 5.70. The first-order valence-corrected chi connectivity index (χ1v) is 6.85. The fourth-order valence-electron chi connectivity index (χ4n) is 2.92. The van der Waals surface area contributed by atoms with Gasteiger partial charge in [-0.05, 0) is 24.8 Å². The molecular weight excluding hydrogens is 276 g/mol. The zero-order valence-electron chi connectivity index (χ0n) is 11.8. The van der Waals surface area contributed by atoms with Gasteiger partial charge in [0.1, 0.15) is 5.69 Å². The molecule has 1 saturated heterocycles. The molecule has 0 amide bonds. The maximum Gasteiger partial charge on any atom is 0.299 e. The Labute approximate surface area is 121 Å². The smallest absolute Gasteiger partial charge is 0.299 e. The molecule has 2 unspecified atom stereocenters. The van der Waals surface area contributed by atoms with Crippen LogP contribution in [0.2, 0.25) is 0 Å². The molecule has 0 saturated carbocycles. The lowest BCUT2D eigenvalue weighted by atomic mass is 9.90. The van der Waals surface area contributed by atoms with Crippen molar-refractivity contribution in [3.8, 4) is 0 Å². The van der Waals surface area contributed by atoms with E-state index in [4.69, 9.17) is 5.73 Å². The van der Waals surface area contributed by atoms with Gasteiger partial charge in [0.05, 0.1) is 15.9 Å². The van der Waals surface area contributed by atoms with Crippen molar-refractivity contribution in [2.45, 2.75) is 25.8 Å². The summed E-state index contributed by atoms with van der Waals surface area (Å²) in [6.07, 6.45) is 1.95. The molecule has 2 atom stereocenters. The van der Waals surface area contributed by atoms with Crippen LogP contribution in [0, 0.1) is 26.1 Å². The molecule has 0 bridgehead atoms. The van der Waals surface area contributed by atoms with E-state index in [9.17, 15) is 20.2 Å². The molecule has 0 aromatic heterocycles. The van der Waals surface area contributed by atoms with Crippen molar-refractivity contribution in [2.24, 2.45) is 11.7 Å². The van der Waals surface area contributed by atoms with E-state index in [1.807, 2.05) is 4.90 Å². The first kappa shape index (κ1) is 15.2. The van der Waals surface area contributed by atoms with Gasteiger partial charge in [-0.25, -0.2) is 0 Å². The van der Waals surface area contributed by atoms with Gasteiger partial charge in [0, 0.05) is 25.2 Å². The van der Waals surface area contributed by atoms with Gasteiger partial charge >= 0.3 is 0 Å². The molecule has 114 valence electrons. The Balaban J connectivity index is 2.46. The number of hydrogen-bond donors (Lipinski definition) is 1. The Hall–Kier alpha value is -2.22. The number of nitro groups is 2. The summed E-state index contributed by atoms with van der Waals surface area (Å²) < 4.78 is 0. The lowest BCUT2D eigenvalue weighted by Gasteiger charge is -2.40. The maximum absolute atomic E-state index is 11.2. The molecule has 8 heteroatoms. The fraction of sp³-hybridized carbons (Fsp3) is 0.538. The molecule has 8 nitrogen and oxygen atoms in total. The number of nitrogens with zero attached hydrogens (tertiary/aromatic N) is 3. The van der Waals surface area contributed by atoms with Gasteiger partial charge in [0.2, 0.25) is 0 Å². The van der Waals surface area contributed by atoms with Gasteiger partial charge in [0.15, 0.2) is 0 Å². The molecule has 1 aliphatic rings. The average molecular weight is 294 g/mol. The summed E-state index contributed by atoms with van der Waals surface area (Å²) in [5.74, 6) is 0.332. The van der Waals surface area contributed by atoms with Crippen molar-refractivity contribution < 1.29 is 9.85 Å². The van der Waals surface area contributed by atoms with E-state index in [0.29, 0.717) is 24.7 Å². The second-order valence-corrected chi connectivity index (χ2v) is 5.30. The average Bonchev–Trinajstić information content (AvgIpc) is 2.46. The van der Waals surface area contributed by atoms with Crippen molar-refractivity contribution in [1.82, 2.24) is 0 Å². The van der Waals surface area contributed by atoms with Crippen LogP contribution in [0.4, 0.5) is 17.1 Å². The molecular formula is C13H18N4O4. The molecule has 21 heavy (non-hydrogen) atoms. The topological polar surface area (TPSA) is 116 Å². The molecule has 0 spiro atoms. The zero-order valence-corrected chi connectivity index (χ0v) is 11.8. The third kappa shape index (κ3) is 2.94. The van der Waals surface area contributed by atoms with Crippen LogP contribution in [0.5, 0.6) is 0 Å². The van der Waals surface area contributed by atoms with E-state index < -0.39 is 9.85 Å². The summed E-state index contributed by atoms with van der Waals surface area (Å²) in [6.45, 7) is 3.14. The summed E-state index contributed by atoms with van der Waals surface area (Å²) in [5, 5.41) is 22.0. The summed E-state index contributed by atoms with van der Waals surface area (Å²) in [6, 6.07) is 3.79. The minimum atomic E-state index is -0.629. The number of nitrogens with two attached hydrogens (primary N) is 1. The van der Waals surface area contributed by atoms with Crippen molar-refractivity contribution >= 4 is 17.1 Å². The first-order valence-electron chi connectivity index (χ1n) is 6.85. The molecule has 2 rings (SSSR count). The predicted octanol–water partition coefficient (Wildman–Crippen LogP) is 2.07. The minimum Gasteiger partial charge on any atom is -0.361 e. The third-order valence-electron chi connectivity index (χ3n) is 4.03. The summed E-state index contributed by atoms with van der Waals surface area (Å²) in [4.78, 5) is 22.7. The van der Waals surface area contributed by atoms with Crippen molar-refractivity contribution in [3.05, 3.63) is 38.4 Å². The maximum atomic E-state index is 11.2. The highest BCUT2D eigenvalue weighted by atomic mass is 16.6. The number of rotatable bonds is 4. The third-order valence-corrected chi connectivity index (χ3v) is 4.03. The molecule has 1 aliphatic heterocycles. The number of hydrogen-bond acceptors (Lipinski definition) is 6. The fourth-order valence-corrected chi connectivity index (χ4v) is 2.92. The Morgan fingerprint density at radius 3 is 2.62 bits per heavy atom. The van der Waals surface area contributed by atoms with Gasteiger partial charge in [0.25, 0.3) is 11.4 Å². The number of non-ortho nitro benzene ring substituents is 1. The zero-order chi connectivity index (χ0) is 15.6. The Morgan fingerprint density at radius 2 is 2.05 bits per heavy atom. The Morgan fingerprint density at radius 1 is 1.33 bits per heavy atom. The van der Waals surface area contributed by atoms with E-state index in [2.05, 4.69) is 6.92 Å². The Bertz CT molecular complexity index is 563. The molecule has 1 aromatic rings. The molecule has 1 aromatic carbocycles. The van der Waals surface area contributed by atoms with Crippen LogP contribution in [0.15, 0.2) is 18.2 Å². The highest BCUT2D eigenvalue weighted by molar-refractivity contribution is 5.67. The van der Waals surface area contributed by atoms with Crippen LogP contribution in [0.3, 0.4) is 0 Å². The first-order chi connectivity index (χ1) is 9.95. The lowest BCUT2D eigenvalue weighted by molar-refractivity contribution is -0.393. The van der Waals surface area contributed by atoms with Gasteiger partial charge in [-0.15, -0.1) is 0 Å². The number of piperidine rings is 1. The largest absolute Gasteiger partial charge is 0.361 e. The van der Waals surface area contributed by atoms with E-state index in [0.717, 1.165) is 18.9 Å². The van der Waals surface area contributed by atoms with Crippen LogP contribution in [0.1, 0.15) is 19.8 Å². The van der Waals surface area contributed by atoms with Crippen molar-refractivity contribution in [2.75, 3.05) is 18.0 Å². The van der Waals surface area contributed by atoms with Crippen LogP contribution in [-0.2, 0) is 0 Å². The van der Waals surface area contributed by atoms with Gasteiger partial charge in [-0.3, -0.25) is 20.2 Å². The van der Waals surface area contributed by atoms with Crippen molar-refractivity contribution in [1.29, 1.82) is 0 Å². The standard InChI is InChI=1S/C13H18N4O4/c1-9-3-2-6-15(13(9)8-14)11-5-4-10(16(18)19)7-12(11)17(20)21/h4-5,7,9,13H,2-3,6,8,14H2,1H3. The molecule has 0 aliphatic carbocycles. The van der Waals surface area contributed by atoms with Crippen LogP contribution in [0.25, 0.3) is 0 Å². The summed E-state index contributed by atoms with van der Waals surface area (Å²) >= 11 is 0. The molecule has 0 radical (unpaired) electrons. The van der Waals surface area contributed by atoms with Crippen LogP contribution >= 0.6 is 0 Å². The second kappa shape index (κ2) is 6.04. The molecule has 1 heterocycles. The second-order valence-electron chi connectivity index (χ2n) is 5.30. The van der Waals surface area contributed by atoms with Crippen molar-refractivity contribution in [3.63, 3.8) is 0 Å². The normalized spacial score (nSPS) is 22.1.